The largest absolute Gasteiger partial charge is 0.476 e. The van der Waals surface area contributed by atoms with Crippen LogP contribution in [-0.2, 0) is 0 Å². The summed E-state index contributed by atoms with van der Waals surface area (Å²) in [5.41, 5.74) is 0.887. The lowest BCUT2D eigenvalue weighted by atomic mass is 10.1. The van der Waals surface area contributed by atoms with E-state index >= 15 is 0 Å². The average molecular weight is 278 g/mol. The summed E-state index contributed by atoms with van der Waals surface area (Å²) in [4.78, 5) is 18.6. The molecule has 0 aliphatic carbocycles. The van der Waals surface area contributed by atoms with Gasteiger partial charge in [0, 0.05) is 5.02 Å². The van der Waals surface area contributed by atoms with E-state index in [1.807, 2.05) is 25.1 Å². The van der Waals surface area contributed by atoms with Gasteiger partial charge in [-0.1, -0.05) is 23.7 Å². The predicted octanol–water partition coefficient (Wildman–Crippen LogP) is 3.00. The number of benzene rings is 1. The number of rotatable bonds is 4. The molecule has 1 heterocycles. The molecular weight excluding hydrogens is 266 g/mol. The van der Waals surface area contributed by atoms with Crippen LogP contribution in [0.2, 0.25) is 5.02 Å². The summed E-state index contributed by atoms with van der Waals surface area (Å²) in [7, 11) is 0. The van der Waals surface area contributed by atoms with Crippen LogP contribution < -0.4 is 5.32 Å². The van der Waals surface area contributed by atoms with Gasteiger partial charge in [0.2, 0.25) is 0 Å². The molecule has 0 saturated heterocycles. The highest BCUT2D eigenvalue weighted by atomic mass is 35.5. The Labute approximate surface area is 115 Å². The molecule has 1 unspecified atom stereocenters. The number of aromatic carboxylic acids is 1. The van der Waals surface area contributed by atoms with Crippen LogP contribution in [0.15, 0.2) is 36.7 Å². The van der Waals surface area contributed by atoms with Crippen LogP contribution in [0.4, 0.5) is 5.82 Å². The first-order valence-electron chi connectivity index (χ1n) is 5.63. The van der Waals surface area contributed by atoms with E-state index in [-0.39, 0.29) is 11.7 Å². The Kier molecular flexibility index (Phi) is 3.97. The molecule has 0 saturated carbocycles. The summed E-state index contributed by atoms with van der Waals surface area (Å²) >= 11 is 5.93. The van der Waals surface area contributed by atoms with Crippen molar-refractivity contribution in [3.05, 3.63) is 52.9 Å². The lowest BCUT2D eigenvalue weighted by Crippen LogP contribution is -2.10. The van der Waals surface area contributed by atoms with E-state index in [1.54, 1.807) is 6.07 Å². The Bertz CT molecular complexity index is 604. The number of hydrogen-bond donors (Lipinski definition) is 2. The van der Waals surface area contributed by atoms with Crippen molar-refractivity contribution >= 4 is 23.4 Å². The number of hydrogen-bond acceptors (Lipinski definition) is 4. The number of anilines is 1. The zero-order valence-corrected chi connectivity index (χ0v) is 10.9. The normalized spacial score (nSPS) is 11.9. The Balaban J connectivity index is 2.17. The minimum Gasteiger partial charge on any atom is -0.476 e. The maximum atomic E-state index is 10.8. The molecule has 0 amide bonds. The van der Waals surface area contributed by atoms with Gasteiger partial charge in [-0.25, -0.2) is 9.78 Å². The maximum absolute atomic E-state index is 10.8. The van der Waals surface area contributed by atoms with Crippen LogP contribution in [-0.4, -0.2) is 21.0 Å². The predicted molar refractivity (Wildman–Crippen MR) is 72.5 cm³/mol. The first kappa shape index (κ1) is 13.3. The van der Waals surface area contributed by atoms with Gasteiger partial charge in [-0.3, -0.25) is 4.98 Å². The Morgan fingerprint density at radius 2 is 2.21 bits per heavy atom. The molecule has 0 aliphatic rings. The molecule has 0 fully saturated rings. The van der Waals surface area contributed by atoms with Crippen LogP contribution in [0.25, 0.3) is 0 Å². The second kappa shape index (κ2) is 5.67. The lowest BCUT2D eigenvalue weighted by molar-refractivity contribution is 0.0690. The van der Waals surface area contributed by atoms with Gasteiger partial charge in [0.15, 0.2) is 5.69 Å². The van der Waals surface area contributed by atoms with Crippen LogP contribution >= 0.6 is 11.6 Å². The fourth-order valence-electron chi connectivity index (χ4n) is 1.62. The quantitative estimate of drug-likeness (QED) is 0.898. The van der Waals surface area contributed by atoms with Crippen LogP contribution in [0, 0.1) is 0 Å². The fraction of sp³-hybridized carbons (Fsp3) is 0.154. The molecule has 1 aromatic carbocycles. The Morgan fingerprint density at radius 1 is 1.42 bits per heavy atom. The van der Waals surface area contributed by atoms with E-state index in [9.17, 15) is 4.79 Å². The van der Waals surface area contributed by atoms with Crippen molar-refractivity contribution in [1.29, 1.82) is 0 Å². The van der Waals surface area contributed by atoms with Gasteiger partial charge in [0.05, 0.1) is 18.4 Å². The van der Waals surface area contributed by atoms with Gasteiger partial charge in [-0.05, 0) is 24.6 Å². The maximum Gasteiger partial charge on any atom is 0.356 e. The number of carbonyl (C=O) groups is 1. The zero-order chi connectivity index (χ0) is 13.8. The van der Waals surface area contributed by atoms with E-state index in [4.69, 9.17) is 16.7 Å². The van der Waals surface area contributed by atoms with E-state index in [0.29, 0.717) is 10.8 Å². The smallest absolute Gasteiger partial charge is 0.356 e. The molecule has 0 radical (unpaired) electrons. The number of nitrogens with zero attached hydrogens (tertiary/aromatic N) is 2. The third-order valence-electron chi connectivity index (χ3n) is 2.57. The molecule has 1 atom stereocenters. The van der Waals surface area contributed by atoms with E-state index < -0.39 is 5.97 Å². The zero-order valence-electron chi connectivity index (χ0n) is 10.2. The number of halogens is 1. The molecule has 5 nitrogen and oxygen atoms in total. The molecular formula is C13H12ClN3O2. The third kappa shape index (κ3) is 3.42. The van der Waals surface area contributed by atoms with Gasteiger partial charge >= 0.3 is 5.97 Å². The Morgan fingerprint density at radius 3 is 2.89 bits per heavy atom. The van der Waals surface area contributed by atoms with Gasteiger partial charge in [-0.2, -0.15) is 0 Å². The minimum atomic E-state index is -1.11. The molecule has 2 aromatic rings. The summed E-state index contributed by atoms with van der Waals surface area (Å²) < 4.78 is 0. The van der Waals surface area contributed by atoms with E-state index in [1.165, 1.54) is 12.4 Å². The number of carboxylic acid groups (broad SMARTS) is 1. The van der Waals surface area contributed by atoms with Crippen LogP contribution in [0.3, 0.4) is 0 Å². The minimum absolute atomic E-state index is 0.0583. The topological polar surface area (TPSA) is 75.1 Å². The molecule has 2 rings (SSSR count). The molecule has 6 heteroatoms. The second-order valence-corrected chi connectivity index (χ2v) is 4.45. The molecule has 0 bridgehead atoms. The molecule has 0 spiro atoms. The highest BCUT2D eigenvalue weighted by Gasteiger charge is 2.09. The third-order valence-corrected chi connectivity index (χ3v) is 2.80. The van der Waals surface area contributed by atoms with E-state index in [2.05, 4.69) is 15.3 Å². The number of carboxylic acids is 1. The lowest BCUT2D eigenvalue weighted by Gasteiger charge is -2.15. The highest BCUT2D eigenvalue weighted by molar-refractivity contribution is 6.30. The van der Waals surface area contributed by atoms with Gasteiger partial charge < -0.3 is 10.4 Å². The number of aromatic nitrogens is 2. The summed E-state index contributed by atoms with van der Waals surface area (Å²) in [6.45, 7) is 1.93. The summed E-state index contributed by atoms with van der Waals surface area (Å²) in [6, 6.07) is 7.36. The van der Waals surface area contributed by atoms with Crippen LogP contribution in [0.1, 0.15) is 29.0 Å². The van der Waals surface area contributed by atoms with Gasteiger partial charge in [0.1, 0.15) is 5.82 Å². The molecule has 19 heavy (non-hydrogen) atoms. The van der Waals surface area contributed by atoms with Crippen molar-refractivity contribution in [2.45, 2.75) is 13.0 Å². The Hall–Kier alpha value is -2.14. The average Bonchev–Trinajstić information content (AvgIpc) is 2.39. The van der Waals surface area contributed by atoms with Crippen LogP contribution in [0.5, 0.6) is 0 Å². The van der Waals surface area contributed by atoms with Crippen molar-refractivity contribution in [3.63, 3.8) is 0 Å². The second-order valence-electron chi connectivity index (χ2n) is 4.02. The standard InChI is InChI=1S/C13H12ClN3O2/c1-8(9-3-2-4-10(14)5-9)16-12-7-15-6-11(17-12)13(18)19/h2-8H,1H3,(H,16,17)(H,18,19). The van der Waals surface area contributed by atoms with Crippen molar-refractivity contribution in [1.82, 2.24) is 9.97 Å². The van der Waals surface area contributed by atoms with Crippen molar-refractivity contribution in [3.8, 4) is 0 Å². The molecule has 1 aromatic heterocycles. The van der Waals surface area contributed by atoms with Gasteiger partial charge in [-0.15, -0.1) is 0 Å². The van der Waals surface area contributed by atoms with Crippen molar-refractivity contribution < 1.29 is 9.90 Å². The van der Waals surface area contributed by atoms with E-state index in [0.717, 1.165) is 5.56 Å². The SMILES string of the molecule is CC(Nc1cncc(C(=O)O)n1)c1cccc(Cl)c1. The molecule has 0 aliphatic heterocycles. The first-order valence-corrected chi connectivity index (χ1v) is 6.01. The molecule has 98 valence electrons. The van der Waals surface area contributed by atoms with Crippen molar-refractivity contribution in [2.24, 2.45) is 0 Å². The monoisotopic (exact) mass is 277 g/mol. The number of nitrogens with one attached hydrogen (secondary N) is 1. The van der Waals surface area contributed by atoms with Gasteiger partial charge in [0.25, 0.3) is 0 Å². The van der Waals surface area contributed by atoms with Crippen molar-refractivity contribution in [2.75, 3.05) is 5.32 Å². The summed E-state index contributed by atoms with van der Waals surface area (Å²) in [5.74, 6) is -0.695. The fourth-order valence-corrected chi connectivity index (χ4v) is 1.82. The summed E-state index contributed by atoms with van der Waals surface area (Å²) in [6.07, 6.45) is 2.69. The first-order chi connectivity index (χ1) is 9.06. The molecule has 2 N–H and O–H groups in total. The highest BCUT2D eigenvalue weighted by Crippen LogP contribution is 2.20. The summed E-state index contributed by atoms with van der Waals surface area (Å²) in [5, 5.41) is 12.6.